The zero-order chi connectivity index (χ0) is 35.4. The van der Waals surface area contributed by atoms with Gasteiger partial charge in [-0.2, -0.15) is 0 Å². The quantitative estimate of drug-likeness (QED) is 0.205. The molecule has 1 saturated heterocycles. The highest BCUT2D eigenvalue weighted by Crippen LogP contribution is 2.49. The SMILES string of the molecule is C[Si](C)(C)OC[C@H]1OC(O)(c2cc(Cc3ccc(C4CC4)cc3)c(Cl)c3c2CCO3)[C@H](O[Si](C)(C)C)[C@@H](O[Si](C)(C)C)[C@@H]1O[Si](C)(C)C. The van der Waals surface area contributed by atoms with E-state index in [-0.39, 0.29) is 6.61 Å². The van der Waals surface area contributed by atoms with Crippen LogP contribution >= 0.6 is 11.6 Å². The smallest absolute Gasteiger partial charge is 0.221 e. The lowest BCUT2D eigenvalue weighted by Gasteiger charge is -2.54. The van der Waals surface area contributed by atoms with Crippen LogP contribution in [0.3, 0.4) is 0 Å². The van der Waals surface area contributed by atoms with Gasteiger partial charge in [0, 0.05) is 17.5 Å². The Morgan fingerprint density at radius 3 is 1.94 bits per heavy atom. The van der Waals surface area contributed by atoms with Crippen LogP contribution in [0.5, 0.6) is 5.75 Å². The normalized spacial score (nSPS) is 26.8. The third-order valence-corrected chi connectivity index (χ3v) is 13.0. The van der Waals surface area contributed by atoms with Crippen molar-refractivity contribution < 1.29 is 32.3 Å². The molecule has 2 heterocycles. The second-order valence-electron chi connectivity index (χ2n) is 17.8. The molecule has 7 nitrogen and oxygen atoms in total. The van der Waals surface area contributed by atoms with Crippen LogP contribution in [0.2, 0.25) is 83.6 Å². The maximum Gasteiger partial charge on any atom is 0.221 e. The number of halogens is 1. The highest BCUT2D eigenvalue weighted by Gasteiger charge is 2.60. The molecule has 2 aliphatic heterocycles. The molecule has 268 valence electrons. The molecule has 2 fully saturated rings. The summed E-state index contributed by atoms with van der Waals surface area (Å²) in [6, 6.07) is 10.9. The van der Waals surface area contributed by atoms with Gasteiger partial charge in [-0.25, -0.2) is 0 Å². The maximum absolute atomic E-state index is 13.3. The number of benzene rings is 2. The first kappa shape index (κ1) is 38.4. The van der Waals surface area contributed by atoms with Gasteiger partial charge in [0.25, 0.3) is 0 Å². The Hall–Kier alpha value is -0.842. The molecule has 0 spiro atoms. The van der Waals surface area contributed by atoms with Crippen molar-refractivity contribution in [2.75, 3.05) is 13.2 Å². The van der Waals surface area contributed by atoms with Crippen LogP contribution in [0.1, 0.15) is 46.6 Å². The van der Waals surface area contributed by atoms with Crippen LogP contribution < -0.4 is 4.74 Å². The number of aliphatic hydroxyl groups is 1. The molecule has 5 rings (SSSR count). The van der Waals surface area contributed by atoms with Gasteiger partial charge >= 0.3 is 0 Å². The van der Waals surface area contributed by atoms with Gasteiger partial charge in [-0.3, -0.25) is 0 Å². The van der Waals surface area contributed by atoms with Gasteiger partial charge in [-0.1, -0.05) is 35.9 Å². The van der Waals surface area contributed by atoms with Crippen molar-refractivity contribution in [1.82, 2.24) is 0 Å². The van der Waals surface area contributed by atoms with Gasteiger partial charge in [0.15, 0.2) is 33.3 Å². The van der Waals surface area contributed by atoms with Crippen molar-refractivity contribution in [3.8, 4) is 5.75 Å². The highest BCUT2D eigenvalue weighted by atomic mass is 35.5. The Balaban J connectivity index is 1.67. The fraction of sp³-hybridized carbons (Fsp3) is 0.667. The van der Waals surface area contributed by atoms with Crippen molar-refractivity contribution >= 4 is 44.9 Å². The first-order valence-electron chi connectivity index (χ1n) is 17.7. The third-order valence-electron chi connectivity index (χ3n) is 8.65. The monoisotopic (exact) mass is 750 g/mol. The van der Waals surface area contributed by atoms with Gasteiger partial charge in [0.1, 0.15) is 30.2 Å². The van der Waals surface area contributed by atoms with E-state index < -0.39 is 63.5 Å². The minimum absolute atomic E-state index is 0.283. The van der Waals surface area contributed by atoms with E-state index in [0.717, 1.165) is 16.7 Å². The largest absolute Gasteiger partial charge is 0.491 e. The predicted molar refractivity (Wildman–Crippen MR) is 205 cm³/mol. The molecule has 48 heavy (non-hydrogen) atoms. The Morgan fingerprint density at radius 1 is 0.812 bits per heavy atom. The van der Waals surface area contributed by atoms with E-state index in [1.54, 1.807) is 0 Å². The molecule has 0 amide bonds. The summed E-state index contributed by atoms with van der Waals surface area (Å²) >= 11 is 7.11. The average molecular weight is 752 g/mol. The summed E-state index contributed by atoms with van der Waals surface area (Å²) in [7, 11) is -8.59. The van der Waals surface area contributed by atoms with Gasteiger partial charge < -0.3 is 32.3 Å². The third kappa shape index (κ3) is 9.52. The van der Waals surface area contributed by atoms with Crippen LogP contribution in [-0.4, -0.2) is 76.0 Å². The first-order chi connectivity index (χ1) is 22.0. The molecule has 1 unspecified atom stereocenters. The number of ether oxygens (including phenoxy) is 2. The summed E-state index contributed by atoms with van der Waals surface area (Å²) < 4.78 is 40.8. The zero-order valence-electron chi connectivity index (χ0n) is 31.3. The molecule has 0 bridgehead atoms. The standard InChI is InChI=1S/C36H59ClO7Si4/c1-45(2,3)40-23-30-33(42-46(4,5)6)34(43-47(7,8)9)35(44-48(10,11)12)36(38,41-30)29-22-27(31(37)32-28(29)19-20-39-32)21-24-13-15-25(16-14-24)26-17-18-26/h13-16,22,26,30,33-35,38H,17-21,23H2,1-12H3/t30-,33-,34+,35-,36?/m1/s1. The number of rotatable bonds is 13. The average Bonchev–Trinajstić information content (AvgIpc) is 3.67. The van der Waals surface area contributed by atoms with Crippen LogP contribution in [-0.2, 0) is 41.1 Å². The molecule has 2 aromatic carbocycles. The van der Waals surface area contributed by atoms with E-state index in [4.69, 9.17) is 38.8 Å². The Bertz CT molecular complexity index is 1440. The number of hydrogen-bond donors (Lipinski definition) is 1. The Morgan fingerprint density at radius 2 is 1.40 bits per heavy atom. The van der Waals surface area contributed by atoms with E-state index >= 15 is 0 Å². The highest BCUT2D eigenvalue weighted by molar-refractivity contribution is 6.71. The van der Waals surface area contributed by atoms with Gasteiger partial charge in [-0.05, 0) is 127 Å². The maximum atomic E-state index is 13.3. The van der Waals surface area contributed by atoms with E-state index in [2.05, 4.69) is 103 Å². The van der Waals surface area contributed by atoms with Crippen molar-refractivity contribution in [2.24, 2.45) is 0 Å². The topological polar surface area (TPSA) is 75.6 Å². The molecular weight excluding hydrogens is 692 g/mol. The Labute approximate surface area is 298 Å². The fourth-order valence-electron chi connectivity index (χ4n) is 6.64. The molecule has 1 saturated carbocycles. The lowest BCUT2D eigenvalue weighted by molar-refractivity contribution is -0.349. The first-order valence-corrected chi connectivity index (χ1v) is 31.7. The number of hydrogen-bond acceptors (Lipinski definition) is 7. The van der Waals surface area contributed by atoms with Crippen molar-refractivity contribution in [3.63, 3.8) is 0 Å². The van der Waals surface area contributed by atoms with Crippen LogP contribution in [0.25, 0.3) is 0 Å². The van der Waals surface area contributed by atoms with Gasteiger partial charge in [0.2, 0.25) is 5.79 Å². The fourth-order valence-corrected chi connectivity index (χ4v) is 10.8. The second kappa shape index (κ2) is 13.9. The summed E-state index contributed by atoms with van der Waals surface area (Å²) in [5.41, 5.74) is 4.94. The minimum Gasteiger partial charge on any atom is -0.491 e. The van der Waals surface area contributed by atoms with Crippen molar-refractivity contribution in [1.29, 1.82) is 0 Å². The molecule has 2 aromatic rings. The minimum atomic E-state index is -2.29. The molecule has 1 N–H and O–H groups in total. The van der Waals surface area contributed by atoms with E-state index in [1.165, 1.54) is 18.4 Å². The van der Waals surface area contributed by atoms with Crippen LogP contribution in [0, 0.1) is 0 Å². The molecule has 0 aromatic heterocycles. The van der Waals surface area contributed by atoms with E-state index in [9.17, 15) is 5.11 Å². The van der Waals surface area contributed by atoms with E-state index in [0.29, 0.717) is 41.7 Å². The van der Waals surface area contributed by atoms with E-state index in [1.807, 2.05) is 6.07 Å². The lowest BCUT2D eigenvalue weighted by Crippen LogP contribution is -2.69. The summed E-state index contributed by atoms with van der Waals surface area (Å²) in [5.74, 6) is -0.549. The van der Waals surface area contributed by atoms with Crippen molar-refractivity contribution in [2.45, 2.75) is 140 Å². The summed E-state index contributed by atoms with van der Waals surface area (Å²) in [6.07, 6.45) is 1.23. The molecule has 1 aliphatic carbocycles. The molecule has 3 aliphatic rings. The molecule has 5 atom stereocenters. The summed E-state index contributed by atoms with van der Waals surface area (Å²) in [6.45, 7) is 26.7. The predicted octanol–water partition coefficient (Wildman–Crippen LogP) is 8.80. The summed E-state index contributed by atoms with van der Waals surface area (Å²) in [5, 5.41) is 13.9. The molecular formula is C36H59ClO7Si4. The summed E-state index contributed by atoms with van der Waals surface area (Å²) in [4.78, 5) is 0. The number of fused-ring (bicyclic) bond motifs is 1. The zero-order valence-corrected chi connectivity index (χ0v) is 36.0. The molecule has 0 radical (unpaired) electrons. The van der Waals surface area contributed by atoms with Crippen LogP contribution in [0.4, 0.5) is 0 Å². The Kier molecular flexibility index (Phi) is 11.2. The lowest BCUT2D eigenvalue weighted by atomic mass is 9.84. The van der Waals surface area contributed by atoms with Gasteiger partial charge in [-0.15, -0.1) is 0 Å². The molecule has 12 heteroatoms. The second-order valence-corrected chi connectivity index (χ2v) is 36.1. The van der Waals surface area contributed by atoms with Gasteiger partial charge in [0.05, 0.1) is 18.2 Å². The van der Waals surface area contributed by atoms with Crippen LogP contribution in [0.15, 0.2) is 30.3 Å². The van der Waals surface area contributed by atoms with Crippen molar-refractivity contribution in [3.05, 3.63) is 63.2 Å².